The van der Waals surface area contributed by atoms with Gasteiger partial charge >= 0.3 is 0 Å². The molecule has 0 saturated carbocycles. The molecular formula is C13H20ClNO2. The third-order valence-electron chi connectivity index (χ3n) is 2.25. The van der Waals surface area contributed by atoms with E-state index in [1.165, 1.54) is 0 Å². The smallest absolute Gasteiger partial charge is 0.124 e. The van der Waals surface area contributed by atoms with Crippen molar-refractivity contribution in [3.8, 4) is 5.75 Å². The molecule has 17 heavy (non-hydrogen) atoms. The molecule has 1 aromatic carbocycles. The molecule has 0 bridgehead atoms. The number of nitrogens with two attached hydrogens (primary N) is 1. The van der Waals surface area contributed by atoms with Gasteiger partial charge in [0.05, 0.1) is 12.7 Å². The van der Waals surface area contributed by atoms with Gasteiger partial charge in [0.25, 0.3) is 0 Å². The monoisotopic (exact) mass is 257 g/mol. The van der Waals surface area contributed by atoms with Gasteiger partial charge in [0, 0.05) is 16.6 Å². The fraction of sp³-hybridized carbons (Fsp3) is 0.538. The molecule has 0 fully saturated rings. The Balaban J connectivity index is 2.58. The first kappa shape index (κ1) is 14.3. The highest BCUT2D eigenvalue weighted by Crippen LogP contribution is 2.27. The summed E-state index contributed by atoms with van der Waals surface area (Å²) in [6.45, 7) is 6.98. The van der Waals surface area contributed by atoms with Gasteiger partial charge in [-0.25, -0.2) is 0 Å². The predicted molar refractivity (Wildman–Crippen MR) is 70.6 cm³/mol. The van der Waals surface area contributed by atoms with Gasteiger partial charge in [0.15, 0.2) is 0 Å². The van der Waals surface area contributed by atoms with E-state index in [0.717, 1.165) is 11.3 Å². The van der Waals surface area contributed by atoms with E-state index in [9.17, 15) is 0 Å². The van der Waals surface area contributed by atoms with Crippen molar-refractivity contribution in [1.82, 2.24) is 0 Å². The first-order valence-electron chi connectivity index (χ1n) is 5.80. The lowest BCUT2D eigenvalue weighted by atomic mass is 10.1. The first-order chi connectivity index (χ1) is 8.00. The van der Waals surface area contributed by atoms with Crippen molar-refractivity contribution in [2.45, 2.75) is 32.9 Å². The summed E-state index contributed by atoms with van der Waals surface area (Å²) in [5, 5.41) is 0.670. The van der Waals surface area contributed by atoms with Crippen LogP contribution in [0.4, 0.5) is 0 Å². The maximum absolute atomic E-state index is 5.93. The molecule has 1 rings (SSSR count). The summed E-state index contributed by atoms with van der Waals surface area (Å²) >= 11 is 5.93. The summed E-state index contributed by atoms with van der Waals surface area (Å²) in [6, 6.07) is 5.38. The Morgan fingerprint density at radius 3 is 2.53 bits per heavy atom. The van der Waals surface area contributed by atoms with Crippen molar-refractivity contribution in [2.75, 3.05) is 13.2 Å². The van der Waals surface area contributed by atoms with Crippen LogP contribution in [0.25, 0.3) is 0 Å². The zero-order valence-electron chi connectivity index (χ0n) is 10.6. The number of hydrogen-bond donors (Lipinski definition) is 1. The second kappa shape index (κ2) is 6.84. The lowest BCUT2D eigenvalue weighted by molar-refractivity contribution is 0.0550. The SMILES string of the molecule is CC(C)OCCOc1ccc(Cl)cc1C(C)N. The van der Waals surface area contributed by atoms with Gasteiger partial charge in [-0.1, -0.05) is 11.6 Å². The van der Waals surface area contributed by atoms with Crippen LogP contribution in [0.5, 0.6) is 5.75 Å². The van der Waals surface area contributed by atoms with E-state index in [0.29, 0.717) is 18.2 Å². The number of hydrogen-bond acceptors (Lipinski definition) is 3. The van der Waals surface area contributed by atoms with E-state index in [4.69, 9.17) is 26.8 Å². The zero-order chi connectivity index (χ0) is 12.8. The topological polar surface area (TPSA) is 44.5 Å². The molecule has 0 heterocycles. The molecule has 0 aliphatic carbocycles. The van der Waals surface area contributed by atoms with Crippen LogP contribution in [0.1, 0.15) is 32.4 Å². The molecule has 1 aromatic rings. The lowest BCUT2D eigenvalue weighted by Gasteiger charge is -2.15. The molecule has 0 saturated heterocycles. The number of ether oxygens (including phenoxy) is 2. The predicted octanol–water partition coefficient (Wildman–Crippen LogP) is 3.16. The Morgan fingerprint density at radius 1 is 1.24 bits per heavy atom. The van der Waals surface area contributed by atoms with E-state index in [2.05, 4.69) is 0 Å². The Labute approximate surface area is 108 Å². The van der Waals surface area contributed by atoms with Crippen LogP contribution in [0.2, 0.25) is 5.02 Å². The van der Waals surface area contributed by atoms with Gasteiger partial charge in [-0.2, -0.15) is 0 Å². The zero-order valence-corrected chi connectivity index (χ0v) is 11.3. The highest BCUT2D eigenvalue weighted by Gasteiger charge is 2.08. The van der Waals surface area contributed by atoms with Crippen LogP contribution in [0.15, 0.2) is 18.2 Å². The maximum atomic E-state index is 5.93. The molecule has 0 radical (unpaired) electrons. The average molecular weight is 258 g/mol. The summed E-state index contributed by atoms with van der Waals surface area (Å²) in [6.07, 6.45) is 0.219. The minimum absolute atomic E-state index is 0.102. The quantitative estimate of drug-likeness (QED) is 0.796. The number of halogens is 1. The van der Waals surface area contributed by atoms with Crippen LogP contribution < -0.4 is 10.5 Å². The van der Waals surface area contributed by atoms with Gasteiger partial charge < -0.3 is 15.2 Å². The van der Waals surface area contributed by atoms with Crippen molar-refractivity contribution < 1.29 is 9.47 Å². The summed E-state index contributed by atoms with van der Waals surface area (Å²) < 4.78 is 11.0. The Hall–Kier alpha value is -0.770. The van der Waals surface area contributed by atoms with E-state index in [1.807, 2.05) is 32.9 Å². The second-order valence-corrected chi connectivity index (χ2v) is 4.68. The summed E-state index contributed by atoms with van der Waals surface area (Å²) in [5.74, 6) is 0.775. The summed E-state index contributed by atoms with van der Waals surface area (Å²) in [5.41, 5.74) is 6.78. The molecule has 1 unspecified atom stereocenters. The standard InChI is InChI=1S/C13H20ClNO2/c1-9(2)16-6-7-17-13-5-4-11(14)8-12(13)10(3)15/h4-5,8-10H,6-7,15H2,1-3H3. The molecule has 96 valence electrons. The van der Waals surface area contributed by atoms with Crippen LogP contribution in [-0.4, -0.2) is 19.3 Å². The minimum Gasteiger partial charge on any atom is -0.491 e. The van der Waals surface area contributed by atoms with Crippen molar-refractivity contribution >= 4 is 11.6 Å². The van der Waals surface area contributed by atoms with Crippen LogP contribution in [-0.2, 0) is 4.74 Å². The molecule has 0 aliphatic heterocycles. The third-order valence-corrected chi connectivity index (χ3v) is 2.49. The van der Waals surface area contributed by atoms with Crippen molar-refractivity contribution in [3.05, 3.63) is 28.8 Å². The van der Waals surface area contributed by atoms with Gasteiger partial charge in [-0.15, -0.1) is 0 Å². The van der Waals surface area contributed by atoms with Gasteiger partial charge in [-0.3, -0.25) is 0 Å². The first-order valence-corrected chi connectivity index (χ1v) is 6.18. The fourth-order valence-corrected chi connectivity index (χ4v) is 1.62. The Kier molecular flexibility index (Phi) is 5.75. The highest BCUT2D eigenvalue weighted by atomic mass is 35.5. The average Bonchev–Trinajstić information content (AvgIpc) is 2.25. The van der Waals surface area contributed by atoms with E-state index >= 15 is 0 Å². The molecule has 2 N–H and O–H groups in total. The lowest BCUT2D eigenvalue weighted by Crippen LogP contribution is -2.13. The normalized spacial score (nSPS) is 12.8. The third kappa shape index (κ3) is 4.94. The fourth-order valence-electron chi connectivity index (χ4n) is 1.44. The molecule has 0 spiro atoms. The molecule has 1 atom stereocenters. The molecule has 4 heteroatoms. The van der Waals surface area contributed by atoms with E-state index < -0.39 is 0 Å². The maximum Gasteiger partial charge on any atom is 0.124 e. The van der Waals surface area contributed by atoms with E-state index in [1.54, 1.807) is 6.07 Å². The highest BCUT2D eigenvalue weighted by molar-refractivity contribution is 6.30. The van der Waals surface area contributed by atoms with Gasteiger partial charge in [-0.05, 0) is 39.0 Å². The molecule has 3 nitrogen and oxygen atoms in total. The summed E-state index contributed by atoms with van der Waals surface area (Å²) in [7, 11) is 0. The number of rotatable bonds is 6. The largest absolute Gasteiger partial charge is 0.491 e. The van der Waals surface area contributed by atoms with Crippen LogP contribution in [0, 0.1) is 0 Å². The molecule has 0 aromatic heterocycles. The van der Waals surface area contributed by atoms with Gasteiger partial charge in [0.1, 0.15) is 12.4 Å². The summed E-state index contributed by atoms with van der Waals surface area (Å²) in [4.78, 5) is 0. The van der Waals surface area contributed by atoms with Crippen molar-refractivity contribution in [3.63, 3.8) is 0 Å². The Bertz CT molecular complexity index is 353. The van der Waals surface area contributed by atoms with Gasteiger partial charge in [0.2, 0.25) is 0 Å². The van der Waals surface area contributed by atoms with E-state index in [-0.39, 0.29) is 12.1 Å². The molecular weight excluding hydrogens is 238 g/mol. The molecule has 0 aliphatic rings. The molecule has 0 amide bonds. The van der Waals surface area contributed by atoms with Crippen LogP contribution >= 0.6 is 11.6 Å². The number of benzene rings is 1. The minimum atomic E-state index is -0.102. The van der Waals surface area contributed by atoms with Crippen LogP contribution in [0.3, 0.4) is 0 Å². The van der Waals surface area contributed by atoms with Crippen molar-refractivity contribution in [2.24, 2.45) is 5.73 Å². The Morgan fingerprint density at radius 2 is 1.94 bits per heavy atom. The van der Waals surface area contributed by atoms with Crippen molar-refractivity contribution in [1.29, 1.82) is 0 Å². The second-order valence-electron chi connectivity index (χ2n) is 4.24.